The van der Waals surface area contributed by atoms with Crippen molar-refractivity contribution < 1.29 is 27.2 Å². The zero-order valence-corrected chi connectivity index (χ0v) is 18.5. The van der Waals surface area contributed by atoms with Crippen molar-refractivity contribution in [2.75, 3.05) is 23.0 Å². The first kappa shape index (κ1) is 22.1. The normalized spacial score (nSPS) is 17.1. The van der Waals surface area contributed by atoms with E-state index in [1.165, 1.54) is 11.0 Å². The number of rotatable bonds is 6. The molecule has 0 spiro atoms. The van der Waals surface area contributed by atoms with Crippen molar-refractivity contribution in [1.82, 2.24) is 0 Å². The van der Waals surface area contributed by atoms with Crippen LogP contribution in [-0.4, -0.2) is 44.4 Å². The summed E-state index contributed by atoms with van der Waals surface area (Å²) in [6.07, 6.45) is 0.330. The van der Waals surface area contributed by atoms with E-state index in [9.17, 15) is 18.0 Å². The first-order valence-corrected chi connectivity index (χ1v) is 12.1. The molecule has 1 aromatic heterocycles. The summed E-state index contributed by atoms with van der Waals surface area (Å²) in [5, 5.41) is 0.474. The zero-order valence-electron chi connectivity index (χ0n) is 16.9. The van der Waals surface area contributed by atoms with E-state index in [1.807, 2.05) is 0 Å². The van der Waals surface area contributed by atoms with Crippen molar-refractivity contribution in [2.24, 2.45) is 0 Å². The Balaban J connectivity index is 1.46. The van der Waals surface area contributed by atoms with Crippen molar-refractivity contribution in [3.05, 3.63) is 77.5 Å². The topological polar surface area (TPSA) is 93.9 Å². The summed E-state index contributed by atoms with van der Waals surface area (Å²) in [6, 6.07) is 18.3. The van der Waals surface area contributed by atoms with Crippen LogP contribution in [0.25, 0.3) is 11.3 Å². The standard InChI is InChI=1S/C23H20ClNO6S/c24-19-9-5-4-8-18(19)20-10-11-21(31-20)23(27)30-14-22(26)25(16-6-2-1-3-7-16)17-12-13-32(28,29)15-17/h1-11,17H,12-15H2. The second kappa shape index (κ2) is 9.18. The zero-order chi connectivity index (χ0) is 22.7. The molecule has 1 aliphatic heterocycles. The molecular formula is C23H20ClNO6S. The van der Waals surface area contributed by atoms with E-state index in [4.69, 9.17) is 20.8 Å². The fourth-order valence-electron chi connectivity index (χ4n) is 3.65. The fraction of sp³-hybridized carbons (Fsp3) is 0.217. The first-order valence-electron chi connectivity index (χ1n) is 9.93. The highest BCUT2D eigenvalue weighted by atomic mass is 35.5. The van der Waals surface area contributed by atoms with Crippen LogP contribution in [0.2, 0.25) is 5.02 Å². The Labute approximate surface area is 190 Å². The molecule has 2 aromatic carbocycles. The number of sulfone groups is 1. The van der Waals surface area contributed by atoms with Gasteiger partial charge in [-0.1, -0.05) is 41.9 Å². The van der Waals surface area contributed by atoms with E-state index >= 15 is 0 Å². The highest BCUT2D eigenvalue weighted by molar-refractivity contribution is 7.91. The molecule has 1 unspecified atom stereocenters. The van der Waals surface area contributed by atoms with Gasteiger partial charge in [-0.2, -0.15) is 0 Å². The molecule has 1 saturated heterocycles. The van der Waals surface area contributed by atoms with Crippen LogP contribution in [0.4, 0.5) is 5.69 Å². The predicted molar refractivity (Wildman–Crippen MR) is 120 cm³/mol. The van der Waals surface area contributed by atoms with Crippen molar-refractivity contribution >= 4 is 39.0 Å². The SMILES string of the molecule is O=C(OCC(=O)N(c1ccccc1)C1CCS(=O)(=O)C1)c1ccc(-c2ccccc2Cl)o1. The van der Waals surface area contributed by atoms with Gasteiger partial charge in [0.25, 0.3) is 5.91 Å². The summed E-state index contributed by atoms with van der Waals surface area (Å²) in [5.74, 6) is -1.08. The van der Waals surface area contributed by atoms with Crippen LogP contribution >= 0.6 is 11.6 Å². The number of benzene rings is 2. The fourth-order valence-corrected chi connectivity index (χ4v) is 5.58. The van der Waals surface area contributed by atoms with Crippen LogP contribution in [0.5, 0.6) is 0 Å². The molecule has 0 radical (unpaired) electrons. The molecule has 166 valence electrons. The van der Waals surface area contributed by atoms with E-state index < -0.39 is 34.4 Å². The van der Waals surface area contributed by atoms with Gasteiger partial charge >= 0.3 is 5.97 Å². The van der Waals surface area contributed by atoms with Gasteiger partial charge in [-0.25, -0.2) is 13.2 Å². The highest BCUT2D eigenvalue weighted by Crippen LogP contribution is 2.29. The quantitative estimate of drug-likeness (QED) is 0.503. The molecule has 3 aromatic rings. The van der Waals surface area contributed by atoms with E-state index in [0.29, 0.717) is 28.5 Å². The Bertz CT molecular complexity index is 1240. The Hall–Kier alpha value is -3.10. The number of nitrogens with zero attached hydrogens (tertiary/aromatic N) is 1. The Morgan fingerprint density at radius 1 is 1.03 bits per heavy atom. The molecule has 1 amide bonds. The van der Waals surface area contributed by atoms with Crippen molar-refractivity contribution in [3.63, 3.8) is 0 Å². The third-order valence-electron chi connectivity index (χ3n) is 5.15. The molecule has 32 heavy (non-hydrogen) atoms. The largest absolute Gasteiger partial charge is 0.450 e. The Morgan fingerprint density at radius 2 is 1.75 bits per heavy atom. The molecule has 1 aliphatic rings. The third-order valence-corrected chi connectivity index (χ3v) is 7.23. The number of esters is 1. The minimum absolute atomic E-state index is 0.0191. The minimum Gasteiger partial charge on any atom is -0.450 e. The second-order valence-electron chi connectivity index (χ2n) is 7.38. The number of hydrogen-bond acceptors (Lipinski definition) is 6. The van der Waals surface area contributed by atoms with Crippen LogP contribution in [-0.2, 0) is 19.4 Å². The molecule has 1 fully saturated rings. The molecule has 1 atom stereocenters. The van der Waals surface area contributed by atoms with Crippen molar-refractivity contribution in [1.29, 1.82) is 0 Å². The number of amides is 1. The first-order chi connectivity index (χ1) is 15.3. The highest BCUT2D eigenvalue weighted by Gasteiger charge is 2.36. The lowest BCUT2D eigenvalue weighted by atomic mass is 10.2. The number of para-hydroxylation sites is 1. The van der Waals surface area contributed by atoms with Gasteiger partial charge in [-0.05, 0) is 42.8 Å². The molecule has 7 nitrogen and oxygen atoms in total. The Morgan fingerprint density at radius 3 is 2.44 bits per heavy atom. The smallest absolute Gasteiger partial charge is 0.374 e. The monoisotopic (exact) mass is 473 g/mol. The van der Waals surface area contributed by atoms with Crippen LogP contribution < -0.4 is 4.90 Å². The molecule has 0 bridgehead atoms. The maximum absolute atomic E-state index is 13.0. The number of anilines is 1. The van der Waals surface area contributed by atoms with Gasteiger partial charge in [0, 0.05) is 11.3 Å². The van der Waals surface area contributed by atoms with Gasteiger partial charge in [-0.3, -0.25) is 4.79 Å². The predicted octanol–water partition coefficient (Wildman–Crippen LogP) is 3.98. The van der Waals surface area contributed by atoms with E-state index in [1.54, 1.807) is 60.7 Å². The number of halogens is 1. The summed E-state index contributed by atoms with van der Waals surface area (Å²) in [4.78, 5) is 26.8. The Kier molecular flexibility index (Phi) is 6.34. The minimum atomic E-state index is -3.21. The lowest BCUT2D eigenvalue weighted by molar-refractivity contribution is -0.122. The van der Waals surface area contributed by atoms with Crippen molar-refractivity contribution in [3.8, 4) is 11.3 Å². The maximum atomic E-state index is 13.0. The van der Waals surface area contributed by atoms with Gasteiger partial charge in [-0.15, -0.1) is 0 Å². The molecule has 0 aliphatic carbocycles. The lowest BCUT2D eigenvalue weighted by Gasteiger charge is -2.28. The van der Waals surface area contributed by atoms with Gasteiger partial charge in [0.15, 0.2) is 16.4 Å². The van der Waals surface area contributed by atoms with E-state index in [2.05, 4.69) is 0 Å². The van der Waals surface area contributed by atoms with Crippen LogP contribution in [0.3, 0.4) is 0 Å². The third kappa shape index (κ3) is 4.87. The molecule has 9 heteroatoms. The summed E-state index contributed by atoms with van der Waals surface area (Å²) in [7, 11) is -3.21. The number of ether oxygens (including phenoxy) is 1. The molecule has 4 rings (SSSR count). The van der Waals surface area contributed by atoms with Gasteiger partial charge in [0.05, 0.1) is 22.6 Å². The van der Waals surface area contributed by atoms with Gasteiger partial charge in [0.2, 0.25) is 5.76 Å². The van der Waals surface area contributed by atoms with Crippen LogP contribution in [0.1, 0.15) is 17.0 Å². The molecule has 0 N–H and O–H groups in total. The summed E-state index contributed by atoms with van der Waals surface area (Å²) >= 11 is 6.16. The molecule has 2 heterocycles. The average molecular weight is 474 g/mol. The van der Waals surface area contributed by atoms with Crippen LogP contribution in [0.15, 0.2) is 71.1 Å². The van der Waals surface area contributed by atoms with Crippen molar-refractivity contribution in [2.45, 2.75) is 12.5 Å². The van der Waals surface area contributed by atoms with Gasteiger partial charge in [0.1, 0.15) is 5.76 Å². The molecular weight excluding hydrogens is 454 g/mol. The van der Waals surface area contributed by atoms with E-state index in [-0.39, 0.29) is 17.3 Å². The molecule has 0 saturated carbocycles. The lowest BCUT2D eigenvalue weighted by Crippen LogP contribution is -2.43. The number of hydrogen-bond donors (Lipinski definition) is 0. The number of carbonyl (C=O) groups is 2. The second-order valence-corrected chi connectivity index (χ2v) is 10.0. The summed E-state index contributed by atoms with van der Waals surface area (Å²) < 4.78 is 34.6. The summed E-state index contributed by atoms with van der Waals surface area (Å²) in [5.41, 5.74) is 1.18. The van der Waals surface area contributed by atoms with E-state index in [0.717, 1.165) is 0 Å². The number of carbonyl (C=O) groups excluding carboxylic acids is 2. The number of furan rings is 1. The maximum Gasteiger partial charge on any atom is 0.374 e. The summed E-state index contributed by atoms with van der Waals surface area (Å²) in [6.45, 7) is -0.549. The van der Waals surface area contributed by atoms with Gasteiger partial charge < -0.3 is 14.1 Å². The average Bonchev–Trinajstić information content (AvgIpc) is 3.40. The van der Waals surface area contributed by atoms with Crippen LogP contribution in [0, 0.1) is 0 Å².